The fourth-order valence-electron chi connectivity index (χ4n) is 2.58. The first-order valence-corrected chi connectivity index (χ1v) is 6.88. The molecule has 20 heavy (non-hydrogen) atoms. The van der Waals surface area contributed by atoms with Crippen molar-refractivity contribution in [2.24, 2.45) is 5.92 Å². The summed E-state index contributed by atoms with van der Waals surface area (Å²) in [6.07, 6.45) is 1.95. The Morgan fingerprint density at radius 3 is 2.90 bits per heavy atom. The van der Waals surface area contributed by atoms with Crippen LogP contribution < -0.4 is 0 Å². The van der Waals surface area contributed by atoms with Crippen LogP contribution in [0.5, 0.6) is 5.75 Å². The Balaban J connectivity index is 2.18. The van der Waals surface area contributed by atoms with Gasteiger partial charge in [-0.1, -0.05) is 11.6 Å². The number of aliphatic hydroxyl groups excluding tert-OH is 1. The zero-order valence-electron chi connectivity index (χ0n) is 11.0. The molecular formula is C13H17ClN2O4. The number of hydrogen-bond acceptors (Lipinski definition) is 5. The van der Waals surface area contributed by atoms with Gasteiger partial charge in [-0.15, -0.1) is 0 Å². The van der Waals surface area contributed by atoms with E-state index < -0.39 is 4.92 Å². The van der Waals surface area contributed by atoms with Gasteiger partial charge in [-0.3, -0.25) is 15.0 Å². The number of nitro groups is 1. The van der Waals surface area contributed by atoms with Gasteiger partial charge in [-0.2, -0.15) is 0 Å². The van der Waals surface area contributed by atoms with Gasteiger partial charge in [0.1, 0.15) is 0 Å². The Bertz CT molecular complexity index is 509. The van der Waals surface area contributed by atoms with Crippen molar-refractivity contribution in [1.29, 1.82) is 0 Å². The maximum Gasteiger partial charge on any atom is 0.312 e. The first-order valence-electron chi connectivity index (χ1n) is 6.50. The van der Waals surface area contributed by atoms with Crippen molar-refractivity contribution in [3.05, 3.63) is 32.8 Å². The minimum Gasteiger partial charge on any atom is -0.502 e. The van der Waals surface area contributed by atoms with Crippen LogP contribution in [0.2, 0.25) is 5.02 Å². The van der Waals surface area contributed by atoms with E-state index in [0.29, 0.717) is 12.1 Å². The highest BCUT2D eigenvalue weighted by Gasteiger charge is 2.23. The lowest BCUT2D eigenvalue weighted by Crippen LogP contribution is -2.36. The molecule has 0 amide bonds. The van der Waals surface area contributed by atoms with Gasteiger partial charge in [-0.25, -0.2) is 0 Å². The molecule has 1 fully saturated rings. The summed E-state index contributed by atoms with van der Waals surface area (Å²) in [7, 11) is 0. The maximum absolute atomic E-state index is 10.9. The number of phenolic OH excluding ortho intramolecular Hbond substituents is 1. The second kappa shape index (κ2) is 6.39. The summed E-state index contributed by atoms with van der Waals surface area (Å²) in [6, 6.07) is 2.69. The van der Waals surface area contributed by atoms with Crippen LogP contribution in [0.25, 0.3) is 0 Å². The molecule has 1 aromatic rings. The highest BCUT2D eigenvalue weighted by Crippen LogP contribution is 2.34. The molecule has 1 aromatic carbocycles. The Morgan fingerprint density at radius 2 is 2.25 bits per heavy atom. The summed E-state index contributed by atoms with van der Waals surface area (Å²) >= 11 is 5.87. The Kier molecular flexibility index (Phi) is 4.80. The van der Waals surface area contributed by atoms with E-state index in [-0.39, 0.29) is 29.0 Å². The van der Waals surface area contributed by atoms with Crippen molar-refractivity contribution in [3.8, 4) is 5.75 Å². The molecule has 7 heteroatoms. The van der Waals surface area contributed by atoms with Gasteiger partial charge in [0.2, 0.25) is 0 Å². The van der Waals surface area contributed by atoms with Crippen LogP contribution in [-0.2, 0) is 6.54 Å². The molecule has 0 radical (unpaired) electrons. The average Bonchev–Trinajstić information content (AvgIpc) is 2.42. The van der Waals surface area contributed by atoms with Crippen molar-refractivity contribution in [3.63, 3.8) is 0 Å². The van der Waals surface area contributed by atoms with Crippen molar-refractivity contribution >= 4 is 17.3 Å². The van der Waals surface area contributed by atoms with Crippen molar-refractivity contribution in [2.45, 2.75) is 19.4 Å². The summed E-state index contributed by atoms with van der Waals surface area (Å²) in [4.78, 5) is 12.3. The van der Waals surface area contributed by atoms with Gasteiger partial charge in [0.25, 0.3) is 0 Å². The van der Waals surface area contributed by atoms with Gasteiger partial charge in [0, 0.05) is 36.3 Å². The number of likely N-dealkylation sites (tertiary alicyclic amines) is 1. The molecule has 2 N–H and O–H groups in total. The van der Waals surface area contributed by atoms with E-state index in [0.717, 1.165) is 32.0 Å². The smallest absolute Gasteiger partial charge is 0.312 e. The van der Waals surface area contributed by atoms with Crippen LogP contribution in [0, 0.1) is 16.0 Å². The second-order valence-corrected chi connectivity index (χ2v) is 5.55. The third-order valence-electron chi connectivity index (χ3n) is 3.59. The molecule has 0 saturated carbocycles. The average molecular weight is 301 g/mol. The summed E-state index contributed by atoms with van der Waals surface area (Å²) in [5.74, 6) is -0.106. The zero-order chi connectivity index (χ0) is 14.7. The number of benzene rings is 1. The van der Waals surface area contributed by atoms with Gasteiger partial charge < -0.3 is 10.2 Å². The summed E-state index contributed by atoms with van der Waals surface area (Å²) in [5.41, 5.74) is 0.0750. The molecule has 0 spiro atoms. The first-order chi connectivity index (χ1) is 9.51. The van der Waals surface area contributed by atoms with Gasteiger partial charge in [0.15, 0.2) is 5.75 Å². The van der Waals surface area contributed by atoms with E-state index in [2.05, 4.69) is 4.90 Å². The van der Waals surface area contributed by atoms with Crippen molar-refractivity contribution in [1.82, 2.24) is 4.90 Å². The number of nitro benzene ring substituents is 1. The van der Waals surface area contributed by atoms with Crippen molar-refractivity contribution in [2.75, 3.05) is 19.7 Å². The third-order valence-corrected chi connectivity index (χ3v) is 3.80. The lowest BCUT2D eigenvalue weighted by molar-refractivity contribution is -0.385. The van der Waals surface area contributed by atoms with Gasteiger partial charge >= 0.3 is 5.69 Å². The highest BCUT2D eigenvalue weighted by atomic mass is 35.5. The van der Waals surface area contributed by atoms with E-state index in [1.807, 2.05) is 0 Å². The molecule has 1 unspecified atom stereocenters. The number of aromatic hydroxyl groups is 1. The minimum atomic E-state index is -0.641. The van der Waals surface area contributed by atoms with Crippen LogP contribution in [0.3, 0.4) is 0 Å². The second-order valence-electron chi connectivity index (χ2n) is 5.12. The van der Waals surface area contributed by atoms with E-state index in [9.17, 15) is 20.3 Å². The SMILES string of the molecule is O=[N+]([O-])c1cc(Cl)cc(CN2CCCC(CO)C2)c1O. The third kappa shape index (κ3) is 3.39. The standard InChI is InChI=1S/C13H17ClN2O4/c14-11-4-10(13(18)12(5-11)16(19)20)7-15-3-1-2-9(6-15)8-17/h4-5,9,17-18H,1-3,6-8H2. The van der Waals surface area contributed by atoms with Crippen molar-refractivity contribution < 1.29 is 15.1 Å². The molecule has 0 bridgehead atoms. The molecule has 1 heterocycles. The summed E-state index contributed by atoms with van der Waals surface area (Å²) in [5, 5.41) is 30.3. The molecule has 1 aliphatic rings. The topological polar surface area (TPSA) is 86.8 Å². The fourth-order valence-corrected chi connectivity index (χ4v) is 2.82. The highest BCUT2D eigenvalue weighted by molar-refractivity contribution is 6.31. The Hall–Kier alpha value is -1.37. The molecule has 0 aromatic heterocycles. The number of halogens is 1. The quantitative estimate of drug-likeness (QED) is 0.657. The summed E-state index contributed by atoms with van der Waals surface area (Å²) in [6.45, 7) is 2.09. The molecule has 1 atom stereocenters. The van der Waals surface area contributed by atoms with E-state index in [4.69, 9.17) is 11.6 Å². The Labute approximate surface area is 121 Å². The molecule has 0 aliphatic carbocycles. The zero-order valence-corrected chi connectivity index (χ0v) is 11.7. The number of hydrogen-bond donors (Lipinski definition) is 2. The van der Waals surface area contributed by atoms with Crippen LogP contribution in [-0.4, -0.2) is 39.7 Å². The number of piperidine rings is 1. The lowest BCUT2D eigenvalue weighted by Gasteiger charge is -2.31. The van der Waals surface area contributed by atoms with Crippen LogP contribution in [0.4, 0.5) is 5.69 Å². The van der Waals surface area contributed by atoms with Gasteiger partial charge in [-0.05, 0) is 31.4 Å². The largest absolute Gasteiger partial charge is 0.502 e. The molecule has 110 valence electrons. The predicted molar refractivity (Wildman–Crippen MR) is 74.9 cm³/mol. The molecule has 1 aliphatic heterocycles. The number of phenols is 1. The fraction of sp³-hybridized carbons (Fsp3) is 0.538. The van der Waals surface area contributed by atoms with E-state index >= 15 is 0 Å². The Morgan fingerprint density at radius 1 is 1.50 bits per heavy atom. The van der Waals surface area contributed by atoms with Crippen LogP contribution in [0.15, 0.2) is 12.1 Å². The molecule has 6 nitrogen and oxygen atoms in total. The van der Waals surface area contributed by atoms with Crippen LogP contribution in [0.1, 0.15) is 18.4 Å². The maximum atomic E-state index is 10.9. The first kappa shape index (κ1) is 15.0. The number of aliphatic hydroxyl groups is 1. The lowest BCUT2D eigenvalue weighted by atomic mass is 9.98. The molecule has 2 rings (SSSR count). The minimum absolute atomic E-state index is 0.137. The number of rotatable bonds is 4. The number of nitrogens with zero attached hydrogens (tertiary/aromatic N) is 2. The van der Waals surface area contributed by atoms with Gasteiger partial charge in [0.05, 0.1) is 4.92 Å². The van der Waals surface area contributed by atoms with E-state index in [1.165, 1.54) is 0 Å². The van der Waals surface area contributed by atoms with Crippen LogP contribution >= 0.6 is 11.6 Å². The molecule has 1 saturated heterocycles. The summed E-state index contributed by atoms with van der Waals surface area (Å²) < 4.78 is 0. The van der Waals surface area contributed by atoms with E-state index in [1.54, 1.807) is 6.07 Å². The monoisotopic (exact) mass is 300 g/mol. The molecular weight excluding hydrogens is 284 g/mol. The normalized spacial score (nSPS) is 20.0. The predicted octanol–water partition coefficient (Wildman–Crippen LogP) is 2.16.